The average molecular weight is 292 g/mol. The fourth-order valence-electron chi connectivity index (χ4n) is 1.40. The van der Waals surface area contributed by atoms with E-state index in [0.717, 1.165) is 6.08 Å². The molecule has 0 bridgehead atoms. The number of methoxy groups -OCH3 is 1. The van der Waals surface area contributed by atoms with Gasteiger partial charge in [-0.05, 0) is 24.3 Å². The van der Waals surface area contributed by atoms with Gasteiger partial charge < -0.3 is 14.2 Å². The van der Waals surface area contributed by atoms with Gasteiger partial charge in [-0.2, -0.15) is 0 Å². The van der Waals surface area contributed by atoms with Gasteiger partial charge >= 0.3 is 17.9 Å². The second kappa shape index (κ2) is 8.52. The van der Waals surface area contributed by atoms with E-state index in [1.165, 1.54) is 31.4 Å². The Morgan fingerprint density at radius 2 is 1.52 bits per heavy atom. The largest absolute Gasteiger partial charge is 0.465 e. The zero-order valence-electron chi connectivity index (χ0n) is 11.7. The van der Waals surface area contributed by atoms with Gasteiger partial charge in [0.1, 0.15) is 0 Å². The third-order valence-electron chi connectivity index (χ3n) is 2.47. The highest BCUT2D eigenvalue weighted by Gasteiger charge is 2.09. The second-order valence-corrected chi connectivity index (χ2v) is 3.93. The first-order chi connectivity index (χ1) is 10.1. The molecule has 21 heavy (non-hydrogen) atoms. The topological polar surface area (TPSA) is 78.9 Å². The zero-order chi connectivity index (χ0) is 15.7. The van der Waals surface area contributed by atoms with Gasteiger partial charge in [-0.1, -0.05) is 6.58 Å². The minimum absolute atomic E-state index is 0.127. The predicted molar refractivity (Wildman–Crippen MR) is 73.8 cm³/mol. The van der Waals surface area contributed by atoms with Crippen LogP contribution in [0.1, 0.15) is 27.1 Å². The number of ether oxygens (including phenoxy) is 3. The minimum atomic E-state index is -0.514. The molecule has 0 amide bonds. The van der Waals surface area contributed by atoms with E-state index in [2.05, 4.69) is 11.3 Å². The van der Waals surface area contributed by atoms with E-state index >= 15 is 0 Å². The summed E-state index contributed by atoms with van der Waals surface area (Å²) in [6, 6.07) is 5.92. The molecule has 0 heterocycles. The molecule has 0 aliphatic carbocycles. The number of hydrogen-bond donors (Lipinski definition) is 0. The van der Waals surface area contributed by atoms with Crippen LogP contribution >= 0.6 is 0 Å². The van der Waals surface area contributed by atoms with Crippen LogP contribution in [0, 0.1) is 0 Å². The van der Waals surface area contributed by atoms with Crippen LogP contribution in [-0.4, -0.2) is 38.2 Å². The molecular formula is C15H16O6. The molecule has 6 heteroatoms. The van der Waals surface area contributed by atoms with Gasteiger partial charge in [-0.3, -0.25) is 0 Å². The fourth-order valence-corrected chi connectivity index (χ4v) is 1.40. The molecule has 0 radical (unpaired) electrons. The number of esters is 3. The molecule has 0 saturated carbocycles. The molecule has 1 rings (SSSR count). The molecule has 0 aromatic heterocycles. The van der Waals surface area contributed by atoms with Crippen molar-refractivity contribution in [1.82, 2.24) is 0 Å². The van der Waals surface area contributed by atoms with Gasteiger partial charge in [0, 0.05) is 12.5 Å². The van der Waals surface area contributed by atoms with Gasteiger partial charge in [0.05, 0.1) is 31.5 Å². The number of rotatable bonds is 7. The Kier molecular flexibility index (Phi) is 6.67. The molecule has 0 aliphatic heterocycles. The van der Waals surface area contributed by atoms with Crippen molar-refractivity contribution in [1.29, 1.82) is 0 Å². The van der Waals surface area contributed by atoms with Crippen LogP contribution in [0.2, 0.25) is 0 Å². The van der Waals surface area contributed by atoms with Gasteiger partial charge in [0.25, 0.3) is 0 Å². The molecular weight excluding hydrogens is 276 g/mol. The monoisotopic (exact) mass is 292 g/mol. The molecule has 0 N–H and O–H groups in total. The van der Waals surface area contributed by atoms with Gasteiger partial charge in [0.15, 0.2) is 0 Å². The van der Waals surface area contributed by atoms with E-state index in [0.29, 0.717) is 17.5 Å². The van der Waals surface area contributed by atoms with Crippen LogP contribution in [0.15, 0.2) is 36.9 Å². The van der Waals surface area contributed by atoms with Crippen LogP contribution in [0.4, 0.5) is 0 Å². The van der Waals surface area contributed by atoms with Crippen molar-refractivity contribution < 1.29 is 28.6 Å². The number of hydrogen-bond acceptors (Lipinski definition) is 6. The van der Waals surface area contributed by atoms with Crippen molar-refractivity contribution in [3.8, 4) is 0 Å². The van der Waals surface area contributed by atoms with Crippen molar-refractivity contribution in [2.24, 2.45) is 0 Å². The SMILES string of the molecule is C=CC(=O)OCCCOC(=O)c1ccc(C(=O)OC)cc1. The van der Waals surface area contributed by atoms with Crippen molar-refractivity contribution in [3.05, 3.63) is 48.0 Å². The molecule has 1 aromatic rings. The molecule has 0 saturated heterocycles. The summed E-state index contributed by atoms with van der Waals surface area (Å²) in [7, 11) is 1.28. The average Bonchev–Trinajstić information content (AvgIpc) is 2.53. The van der Waals surface area contributed by atoms with Gasteiger partial charge in [-0.25, -0.2) is 14.4 Å². The number of carbonyl (C=O) groups excluding carboxylic acids is 3. The van der Waals surface area contributed by atoms with E-state index in [9.17, 15) is 14.4 Å². The molecule has 0 unspecified atom stereocenters. The standard InChI is InChI=1S/C15H16O6/c1-3-13(16)20-9-4-10-21-15(18)12-7-5-11(6-8-12)14(17)19-2/h3,5-8H,1,4,9-10H2,2H3. The summed E-state index contributed by atoms with van der Waals surface area (Å²) in [6.45, 7) is 3.54. The van der Waals surface area contributed by atoms with Crippen LogP contribution in [-0.2, 0) is 19.0 Å². The smallest absolute Gasteiger partial charge is 0.338 e. The van der Waals surface area contributed by atoms with E-state index in [-0.39, 0.29) is 13.2 Å². The number of carbonyl (C=O) groups is 3. The first kappa shape index (κ1) is 16.4. The van der Waals surface area contributed by atoms with Gasteiger partial charge in [0.2, 0.25) is 0 Å². The normalized spacial score (nSPS) is 9.57. The Morgan fingerprint density at radius 1 is 1.00 bits per heavy atom. The molecule has 0 spiro atoms. The fraction of sp³-hybridized carbons (Fsp3) is 0.267. The molecule has 0 aliphatic rings. The lowest BCUT2D eigenvalue weighted by Gasteiger charge is -2.05. The predicted octanol–water partition coefficient (Wildman–Crippen LogP) is 1.75. The maximum absolute atomic E-state index is 11.7. The van der Waals surface area contributed by atoms with Crippen LogP contribution in [0.25, 0.3) is 0 Å². The lowest BCUT2D eigenvalue weighted by Crippen LogP contribution is -2.10. The second-order valence-electron chi connectivity index (χ2n) is 3.93. The Labute approximate surface area is 122 Å². The lowest BCUT2D eigenvalue weighted by molar-refractivity contribution is -0.137. The molecule has 6 nitrogen and oxygen atoms in total. The third-order valence-corrected chi connectivity index (χ3v) is 2.47. The Morgan fingerprint density at radius 3 is 2.05 bits per heavy atom. The van der Waals surface area contributed by atoms with Crippen LogP contribution in [0.5, 0.6) is 0 Å². The highest BCUT2D eigenvalue weighted by Crippen LogP contribution is 2.07. The first-order valence-corrected chi connectivity index (χ1v) is 6.23. The Balaban J connectivity index is 2.37. The molecule has 0 atom stereocenters. The van der Waals surface area contributed by atoms with Gasteiger partial charge in [-0.15, -0.1) is 0 Å². The summed E-state index contributed by atoms with van der Waals surface area (Å²) < 4.78 is 14.3. The van der Waals surface area contributed by atoms with Crippen molar-refractivity contribution in [2.45, 2.75) is 6.42 Å². The van der Waals surface area contributed by atoms with E-state index in [1.807, 2.05) is 0 Å². The van der Waals surface area contributed by atoms with Crippen LogP contribution in [0.3, 0.4) is 0 Å². The van der Waals surface area contributed by atoms with Crippen molar-refractivity contribution in [2.75, 3.05) is 20.3 Å². The number of benzene rings is 1. The van der Waals surface area contributed by atoms with Crippen LogP contribution < -0.4 is 0 Å². The molecule has 0 fully saturated rings. The quantitative estimate of drug-likeness (QED) is 0.330. The van der Waals surface area contributed by atoms with E-state index in [1.54, 1.807) is 0 Å². The minimum Gasteiger partial charge on any atom is -0.465 e. The summed E-state index contributed by atoms with van der Waals surface area (Å²) in [6.07, 6.45) is 1.46. The summed E-state index contributed by atoms with van der Waals surface area (Å²) in [4.78, 5) is 33.7. The molecule has 112 valence electrons. The lowest BCUT2D eigenvalue weighted by atomic mass is 10.1. The van der Waals surface area contributed by atoms with E-state index in [4.69, 9.17) is 9.47 Å². The highest BCUT2D eigenvalue weighted by atomic mass is 16.5. The summed E-state index contributed by atoms with van der Waals surface area (Å²) in [5.74, 6) is -1.50. The third kappa shape index (κ3) is 5.48. The summed E-state index contributed by atoms with van der Waals surface area (Å²) in [5.41, 5.74) is 0.677. The Hall–Kier alpha value is -2.63. The molecule has 1 aromatic carbocycles. The zero-order valence-corrected chi connectivity index (χ0v) is 11.7. The van der Waals surface area contributed by atoms with Crippen molar-refractivity contribution >= 4 is 17.9 Å². The highest BCUT2D eigenvalue weighted by molar-refractivity contribution is 5.93. The first-order valence-electron chi connectivity index (χ1n) is 6.23. The maximum atomic E-state index is 11.7. The summed E-state index contributed by atoms with van der Waals surface area (Å²) in [5, 5.41) is 0. The Bertz CT molecular complexity index is 517. The summed E-state index contributed by atoms with van der Waals surface area (Å²) >= 11 is 0. The maximum Gasteiger partial charge on any atom is 0.338 e. The van der Waals surface area contributed by atoms with E-state index < -0.39 is 17.9 Å². The van der Waals surface area contributed by atoms with Crippen molar-refractivity contribution in [3.63, 3.8) is 0 Å².